The van der Waals surface area contributed by atoms with Gasteiger partial charge in [0, 0.05) is 30.5 Å². The summed E-state index contributed by atoms with van der Waals surface area (Å²) in [7, 11) is 0. The Morgan fingerprint density at radius 3 is 2.62 bits per heavy atom. The molecule has 5 rings (SSSR count). The van der Waals surface area contributed by atoms with E-state index in [1.54, 1.807) is 18.5 Å². The van der Waals surface area contributed by atoms with E-state index in [1.807, 2.05) is 68.4 Å². The van der Waals surface area contributed by atoms with E-state index in [0.717, 1.165) is 32.3 Å². The number of rotatable bonds is 8. The first-order valence-corrected chi connectivity index (χ1v) is 13.6. The van der Waals surface area contributed by atoms with Gasteiger partial charge in [-0.2, -0.15) is 0 Å². The maximum atomic E-state index is 13.7. The Hall–Kier alpha value is -2.58. The molecular formula is C29H30ClF2NO3S. The summed E-state index contributed by atoms with van der Waals surface area (Å²) < 4.78 is 44.7. The number of halogens is 3. The maximum Gasteiger partial charge on any atom is 0.264 e. The molecule has 3 atom stereocenters. The van der Waals surface area contributed by atoms with Gasteiger partial charge in [-0.3, -0.25) is 0 Å². The van der Waals surface area contributed by atoms with Gasteiger partial charge >= 0.3 is 0 Å². The molecule has 3 heterocycles. The highest BCUT2D eigenvalue weighted by molar-refractivity contribution is 7.15. The Bertz CT molecular complexity index is 1230. The molecule has 0 bridgehead atoms. The van der Waals surface area contributed by atoms with E-state index in [0.29, 0.717) is 24.5 Å². The van der Waals surface area contributed by atoms with Crippen LogP contribution in [0.2, 0.25) is 5.02 Å². The molecule has 0 N–H and O–H groups in total. The van der Waals surface area contributed by atoms with Crippen molar-refractivity contribution >= 4 is 22.9 Å². The van der Waals surface area contributed by atoms with Crippen LogP contribution in [0.5, 0.6) is 0 Å². The van der Waals surface area contributed by atoms with Gasteiger partial charge in [0.2, 0.25) is 0 Å². The molecular weight excluding hydrogens is 516 g/mol. The molecule has 1 aliphatic heterocycles. The standard InChI is InChI=1S/C27H24ClF2NO3S.C2H6/c28-21-9-8-18(11-19(21)12-26-31-15-25(35-26)22-7-4-10-32-22)23-13-20(14-24(34-23)27(29)30)33-16-17-5-2-1-3-6-17;1-2/h1-11,15,20,23-24,27H,12-14,16H2;1-2H3. The first kappa shape index (κ1) is 27.5. The summed E-state index contributed by atoms with van der Waals surface area (Å²) in [5, 5.41) is 1.48. The number of nitrogens with zero attached hydrogens (tertiary/aromatic N) is 1. The number of alkyl halides is 2. The first-order chi connectivity index (χ1) is 18.0. The zero-order valence-corrected chi connectivity index (χ0v) is 22.4. The normalized spacial score (nSPS) is 19.5. The van der Waals surface area contributed by atoms with Gasteiger partial charge in [0.1, 0.15) is 11.9 Å². The maximum absolute atomic E-state index is 13.7. The number of aromatic nitrogens is 1. The lowest BCUT2D eigenvalue weighted by molar-refractivity contribution is -0.163. The van der Waals surface area contributed by atoms with Gasteiger partial charge in [0.05, 0.1) is 35.0 Å². The van der Waals surface area contributed by atoms with Crippen LogP contribution in [0.1, 0.15) is 54.5 Å². The van der Waals surface area contributed by atoms with Crippen LogP contribution in [-0.4, -0.2) is 23.6 Å². The quantitative estimate of drug-likeness (QED) is 0.222. The minimum absolute atomic E-state index is 0.163. The van der Waals surface area contributed by atoms with Crippen molar-refractivity contribution in [3.8, 4) is 10.6 Å². The van der Waals surface area contributed by atoms with Crippen molar-refractivity contribution < 1.29 is 22.7 Å². The SMILES string of the molecule is CC.FC(F)C1CC(OCc2ccccc2)CC(c2ccc(Cl)c(Cc3ncc(-c4ccco4)s3)c2)O1. The van der Waals surface area contributed by atoms with E-state index >= 15 is 0 Å². The molecule has 196 valence electrons. The second-order valence-electron chi connectivity index (χ2n) is 8.51. The lowest BCUT2D eigenvalue weighted by Gasteiger charge is -2.35. The number of ether oxygens (including phenoxy) is 2. The molecule has 0 spiro atoms. The van der Waals surface area contributed by atoms with Gasteiger partial charge in [0.15, 0.2) is 0 Å². The average Bonchev–Trinajstić information content (AvgIpc) is 3.63. The first-order valence-electron chi connectivity index (χ1n) is 12.4. The van der Waals surface area contributed by atoms with Crippen LogP contribution >= 0.6 is 22.9 Å². The second-order valence-corrected chi connectivity index (χ2v) is 10.0. The van der Waals surface area contributed by atoms with Gasteiger partial charge < -0.3 is 13.9 Å². The number of hydrogen-bond donors (Lipinski definition) is 0. The minimum atomic E-state index is -2.58. The molecule has 4 aromatic rings. The molecule has 0 radical (unpaired) electrons. The highest BCUT2D eigenvalue weighted by Crippen LogP contribution is 2.37. The van der Waals surface area contributed by atoms with Crippen molar-refractivity contribution in [2.75, 3.05) is 0 Å². The number of thiazole rings is 1. The van der Waals surface area contributed by atoms with E-state index in [-0.39, 0.29) is 12.5 Å². The Morgan fingerprint density at radius 1 is 1.08 bits per heavy atom. The van der Waals surface area contributed by atoms with Crippen molar-refractivity contribution in [3.05, 3.63) is 99.8 Å². The molecule has 1 fully saturated rings. The molecule has 2 aromatic carbocycles. The Morgan fingerprint density at radius 2 is 1.89 bits per heavy atom. The van der Waals surface area contributed by atoms with E-state index < -0.39 is 18.6 Å². The predicted molar refractivity (Wildman–Crippen MR) is 143 cm³/mol. The van der Waals surface area contributed by atoms with Gasteiger partial charge in [-0.15, -0.1) is 11.3 Å². The number of hydrogen-bond acceptors (Lipinski definition) is 5. The van der Waals surface area contributed by atoms with Crippen molar-refractivity contribution in [1.82, 2.24) is 4.98 Å². The third-order valence-corrected chi connectivity index (χ3v) is 7.40. The molecule has 0 saturated carbocycles. The molecule has 3 unspecified atom stereocenters. The molecule has 8 heteroatoms. The van der Waals surface area contributed by atoms with E-state index in [2.05, 4.69) is 4.98 Å². The summed E-state index contributed by atoms with van der Waals surface area (Å²) in [6.07, 6.45) is -0.00194. The van der Waals surface area contributed by atoms with Gasteiger partial charge in [-0.05, 0) is 34.9 Å². The highest BCUT2D eigenvalue weighted by atomic mass is 35.5. The summed E-state index contributed by atoms with van der Waals surface area (Å²) in [6, 6.07) is 19.0. The van der Waals surface area contributed by atoms with Crippen molar-refractivity contribution in [3.63, 3.8) is 0 Å². The zero-order chi connectivity index (χ0) is 26.2. The predicted octanol–water partition coefficient (Wildman–Crippen LogP) is 8.74. The van der Waals surface area contributed by atoms with Crippen LogP contribution in [0.4, 0.5) is 8.78 Å². The minimum Gasteiger partial charge on any atom is -0.463 e. The Kier molecular flexibility index (Phi) is 9.86. The van der Waals surface area contributed by atoms with Crippen LogP contribution in [-0.2, 0) is 22.5 Å². The molecule has 0 aliphatic carbocycles. The topological polar surface area (TPSA) is 44.5 Å². The van der Waals surface area contributed by atoms with E-state index in [9.17, 15) is 8.78 Å². The van der Waals surface area contributed by atoms with E-state index in [1.165, 1.54) is 11.3 Å². The van der Waals surface area contributed by atoms with E-state index in [4.69, 9.17) is 25.5 Å². The molecule has 2 aromatic heterocycles. The van der Waals surface area contributed by atoms with Crippen molar-refractivity contribution in [1.29, 1.82) is 0 Å². The van der Waals surface area contributed by atoms with Crippen molar-refractivity contribution in [2.24, 2.45) is 0 Å². The fourth-order valence-electron chi connectivity index (χ4n) is 4.24. The summed E-state index contributed by atoms with van der Waals surface area (Å²) in [5.41, 5.74) is 2.69. The summed E-state index contributed by atoms with van der Waals surface area (Å²) >= 11 is 8.02. The Balaban J connectivity index is 0.00000156. The van der Waals surface area contributed by atoms with Crippen LogP contribution < -0.4 is 0 Å². The van der Waals surface area contributed by atoms with Crippen LogP contribution in [0, 0.1) is 0 Å². The fraction of sp³-hybridized carbons (Fsp3) is 0.345. The van der Waals surface area contributed by atoms with Gasteiger partial charge in [0.25, 0.3) is 6.43 Å². The summed E-state index contributed by atoms with van der Waals surface area (Å²) in [4.78, 5) is 5.44. The third kappa shape index (κ3) is 7.26. The molecule has 1 saturated heterocycles. The van der Waals surface area contributed by atoms with Crippen molar-refractivity contribution in [2.45, 2.75) is 64.5 Å². The van der Waals surface area contributed by atoms with Crippen LogP contribution in [0.3, 0.4) is 0 Å². The smallest absolute Gasteiger partial charge is 0.264 e. The van der Waals surface area contributed by atoms with Crippen LogP contribution in [0.25, 0.3) is 10.6 Å². The summed E-state index contributed by atoms with van der Waals surface area (Å²) in [5.74, 6) is 0.767. The summed E-state index contributed by atoms with van der Waals surface area (Å²) in [6.45, 7) is 4.38. The lowest BCUT2D eigenvalue weighted by atomic mass is 9.94. The van der Waals surface area contributed by atoms with Gasteiger partial charge in [-0.1, -0.05) is 67.9 Å². The highest BCUT2D eigenvalue weighted by Gasteiger charge is 2.36. The monoisotopic (exact) mass is 545 g/mol. The molecule has 1 aliphatic rings. The fourth-order valence-corrected chi connectivity index (χ4v) is 5.33. The number of furan rings is 1. The molecule has 4 nitrogen and oxygen atoms in total. The largest absolute Gasteiger partial charge is 0.463 e. The third-order valence-electron chi connectivity index (χ3n) is 6.02. The van der Waals surface area contributed by atoms with Crippen LogP contribution in [0.15, 0.2) is 77.5 Å². The average molecular weight is 546 g/mol. The molecule has 0 amide bonds. The Labute approximate surface area is 225 Å². The van der Waals surface area contributed by atoms with Gasteiger partial charge in [-0.25, -0.2) is 13.8 Å². The number of benzene rings is 2. The molecule has 37 heavy (non-hydrogen) atoms. The second kappa shape index (κ2) is 13.3. The zero-order valence-electron chi connectivity index (χ0n) is 20.8. The lowest BCUT2D eigenvalue weighted by Crippen LogP contribution is -2.37.